The van der Waals surface area contributed by atoms with E-state index in [4.69, 9.17) is 17.0 Å². The molecule has 0 aliphatic carbocycles. The Morgan fingerprint density at radius 2 is 1.90 bits per heavy atom. The molecule has 2 aromatic rings. The molecule has 0 aliphatic heterocycles. The third-order valence-corrected chi connectivity index (χ3v) is 4.33. The van der Waals surface area contributed by atoms with Gasteiger partial charge in [0.1, 0.15) is 5.75 Å². The van der Waals surface area contributed by atoms with Crippen LogP contribution in [0.25, 0.3) is 0 Å². The van der Waals surface area contributed by atoms with Crippen molar-refractivity contribution in [2.75, 3.05) is 12.4 Å². The molecular formula is C16H20N2OS2. The Kier molecular flexibility index (Phi) is 5.59. The summed E-state index contributed by atoms with van der Waals surface area (Å²) in [4.78, 5) is 1.30. The first-order chi connectivity index (χ1) is 10.1. The number of rotatable bonds is 5. The SMILES string of the molecule is COc1ccc(NC(=S)N[C@H](c2cccs2)C(C)C)cc1. The van der Waals surface area contributed by atoms with E-state index in [1.165, 1.54) is 4.88 Å². The first-order valence-electron chi connectivity index (χ1n) is 6.85. The molecule has 0 bridgehead atoms. The lowest BCUT2D eigenvalue weighted by molar-refractivity contribution is 0.415. The second kappa shape index (κ2) is 7.43. The quantitative estimate of drug-likeness (QED) is 0.798. The fourth-order valence-electron chi connectivity index (χ4n) is 2.02. The summed E-state index contributed by atoms with van der Waals surface area (Å²) in [5.41, 5.74) is 0.946. The monoisotopic (exact) mass is 320 g/mol. The van der Waals surface area contributed by atoms with E-state index in [-0.39, 0.29) is 6.04 Å². The van der Waals surface area contributed by atoms with Crippen molar-refractivity contribution in [2.45, 2.75) is 19.9 Å². The van der Waals surface area contributed by atoms with Crippen molar-refractivity contribution in [1.82, 2.24) is 5.32 Å². The van der Waals surface area contributed by atoms with Crippen LogP contribution in [0.1, 0.15) is 24.8 Å². The normalized spacial score (nSPS) is 12.0. The highest BCUT2D eigenvalue weighted by molar-refractivity contribution is 7.80. The zero-order chi connectivity index (χ0) is 15.2. The van der Waals surface area contributed by atoms with E-state index in [2.05, 4.69) is 42.0 Å². The maximum absolute atomic E-state index is 5.42. The summed E-state index contributed by atoms with van der Waals surface area (Å²) in [6.07, 6.45) is 0. The minimum Gasteiger partial charge on any atom is -0.497 e. The van der Waals surface area contributed by atoms with E-state index in [9.17, 15) is 0 Å². The summed E-state index contributed by atoms with van der Waals surface area (Å²) >= 11 is 7.16. The zero-order valence-corrected chi connectivity index (χ0v) is 14.1. The van der Waals surface area contributed by atoms with Crippen LogP contribution in [0.4, 0.5) is 5.69 Å². The van der Waals surface area contributed by atoms with Gasteiger partial charge in [-0.05, 0) is 53.8 Å². The van der Waals surface area contributed by atoms with Crippen LogP contribution < -0.4 is 15.4 Å². The molecule has 0 unspecified atom stereocenters. The Morgan fingerprint density at radius 1 is 1.19 bits per heavy atom. The predicted molar refractivity (Wildman–Crippen MR) is 94.2 cm³/mol. The number of hydrogen-bond donors (Lipinski definition) is 2. The Morgan fingerprint density at radius 3 is 2.43 bits per heavy atom. The van der Waals surface area contributed by atoms with Crippen molar-refractivity contribution in [3.05, 3.63) is 46.7 Å². The molecule has 1 aromatic heterocycles. The minimum absolute atomic E-state index is 0.225. The van der Waals surface area contributed by atoms with Crippen molar-refractivity contribution < 1.29 is 4.74 Å². The van der Waals surface area contributed by atoms with E-state index in [0.29, 0.717) is 11.0 Å². The maximum atomic E-state index is 5.42. The molecule has 5 heteroatoms. The van der Waals surface area contributed by atoms with Crippen LogP contribution in [0.3, 0.4) is 0 Å². The van der Waals surface area contributed by atoms with E-state index in [1.54, 1.807) is 18.4 Å². The lowest BCUT2D eigenvalue weighted by Gasteiger charge is -2.23. The molecule has 2 rings (SSSR count). The van der Waals surface area contributed by atoms with Gasteiger partial charge in [-0.1, -0.05) is 19.9 Å². The predicted octanol–water partition coefficient (Wildman–Crippen LogP) is 4.44. The van der Waals surface area contributed by atoms with Gasteiger partial charge in [0, 0.05) is 10.6 Å². The highest BCUT2D eigenvalue weighted by Gasteiger charge is 2.17. The third kappa shape index (κ3) is 4.44. The molecule has 0 spiro atoms. The largest absolute Gasteiger partial charge is 0.497 e. The van der Waals surface area contributed by atoms with Crippen molar-refractivity contribution in [3.8, 4) is 5.75 Å². The van der Waals surface area contributed by atoms with Gasteiger partial charge in [0.15, 0.2) is 5.11 Å². The highest BCUT2D eigenvalue weighted by Crippen LogP contribution is 2.26. The van der Waals surface area contributed by atoms with Crippen LogP contribution in [0.5, 0.6) is 5.75 Å². The number of benzene rings is 1. The smallest absolute Gasteiger partial charge is 0.171 e. The van der Waals surface area contributed by atoms with Crippen LogP contribution in [0.2, 0.25) is 0 Å². The van der Waals surface area contributed by atoms with Crippen LogP contribution in [0, 0.1) is 5.92 Å². The Labute approximate surface area is 135 Å². The number of ether oxygens (including phenoxy) is 1. The van der Waals surface area contributed by atoms with Crippen LogP contribution >= 0.6 is 23.6 Å². The molecule has 0 saturated heterocycles. The number of thiocarbonyl (C=S) groups is 1. The number of anilines is 1. The maximum Gasteiger partial charge on any atom is 0.171 e. The fourth-order valence-corrected chi connectivity index (χ4v) is 3.21. The van der Waals surface area contributed by atoms with Crippen molar-refractivity contribution in [3.63, 3.8) is 0 Å². The molecule has 112 valence electrons. The number of methoxy groups -OCH3 is 1. The fraction of sp³-hybridized carbons (Fsp3) is 0.312. The van der Waals surface area contributed by atoms with Crippen molar-refractivity contribution in [1.29, 1.82) is 0 Å². The Balaban J connectivity index is 1.99. The molecule has 1 atom stereocenters. The topological polar surface area (TPSA) is 33.3 Å². The van der Waals surface area contributed by atoms with E-state index in [1.807, 2.05) is 24.3 Å². The molecule has 3 nitrogen and oxygen atoms in total. The summed E-state index contributed by atoms with van der Waals surface area (Å²) < 4.78 is 5.14. The van der Waals surface area contributed by atoms with Crippen molar-refractivity contribution in [2.24, 2.45) is 5.92 Å². The molecule has 1 aromatic carbocycles. The summed E-state index contributed by atoms with van der Waals surface area (Å²) in [6, 6.07) is 12.1. The molecule has 21 heavy (non-hydrogen) atoms. The van der Waals surface area contributed by atoms with E-state index >= 15 is 0 Å². The highest BCUT2D eigenvalue weighted by atomic mass is 32.1. The van der Waals surface area contributed by atoms with Gasteiger partial charge < -0.3 is 15.4 Å². The molecule has 0 fully saturated rings. The molecule has 0 aliphatic rings. The number of nitrogens with one attached hydrogen (secondary N) is 2. The Bertz CT molecular complexity index is 564. The van der Waals surface area contributed by atoms with Gasteiger partial charge in [0.05, 0.1) is 13.2 Å². The van der Waals surface area contributed by atoms with Crippen LogP contribution in [-0.2, 0) is 0 Å². The molecular weight excluding hydrogens is 300 g/mol. The van der Waals surface area contributed by atoms with Gasteiger partial charge in [-0.25, -0.2) is 0 Å². The van der Waals surface area contributed by atoms with Gasteiger partial charge in [-0.15, -0.1) is 11.3 Å². The average Bonchev–Trinajstić information content (AvgIpc) is 2.99. The lowest BCUT2D eigenvalue weighted by atomic mass is 10.0. The summed E-state index contributed by atoms with van der Waals surface area (Å²) in [5.74, 6) is 1.29. The van der Waals surface area contributed by atoms with Gasteiger partial charge in [-0.2, -0.15) is 0 Å². The van der Waals surface area contributed by atoms with Gasteiger partial charge in [0.25, 0.3) is 0 Å². The first kappa shape index (κ1) is 15.8. The van der Waals surface area contributed by atoms with Gasteiger partial charge >= 0.3 is 0 Å². The first-order valence-corrected chi connectivity index (χ1v) is 8.14. The molecule has 0 saturated carbocycles. The molecule has 0 radical (unpaired) electrons. The molecule has 0 amide bonds. The van der Waals surface area contributed by atoms with Crippen molar-refractivity contribution >= 4 is 34.4 Å². The van der Waals surface area contributed by atoms with E-state index < -0.39 is 0 Å². The van der Waals surface area contributed by atoms with Crippen LogP contribution in [0.15, 0.2) is 41.8 Å². The second-order valence-electron chi connectivity index (χ2n) is 5.06. The average molecular weight is 320 g/mol. The zero-order valence-electron chi connectivity index (χ0n) is 12.4. The van der Waals surface area contributed by atoms with Gasteiger partial charge in [-0.3, -0.25) is 0 Å². The lowest BCUT2D eigenvalue weighted by Crippen LogP contribution is -2.34. The minimum atomic E-state index is 0.225. The second-order valence-corrected chi connectivity index (χ2v) is 6.45. The summed E-state index contributed by atoms with van der Waals surface area (Å²) in [5, 5.41) is 9.33. The number of hydrogen-bond acceptors (Lipinski definition) is 3. The van der Waals surface area contributed by atoms with E-state index in [0.717, 1.165) is 11.4 Å². The Hall–Kier alpha value is -1.59. The molecule has 1 heterocycles. The standard InChI is InChI=1S/C16H20N2OS2/c1-11(2)15(14-5-4-10-21-14)18-16(20)17-12-6-8-13(19-3)9-7-12/h4-11,15H,1-3H3,(H2,17,18,20)/t15-/m0/s1. The number of thiophene rings is 1. The van der Waals surface area contributed by atoms with Crippen LogP contribution in [-0.4, -0.2) is 12.2 Å². The third-order valence-electron chi connectivity index (χ3n) is 3.15. The van der Waals surface area contributed by atoms with Gasteiger partial charge in [0.2, 0.25) is 0 Å². The summed E-state index contributed by atoms with van der Waals surface area (Å²) in [6.45, 7) is 4.38. The summed E-state index contributed by atoms with van der Waals surface area (Å²) in [7, 11) is 1.66. The molecule has 2 N–H and O–H groups in total.